The molecule has 3 heteroatoms. The number of hydrogen-bond acceptors (Lipinski definition) is 3. The first kappa shape index (κ1) is 16.3. The van der Waals surface area contributed by atoms with Crippen LogP contribution in [0.15, 0.2) is 24.3 Å². The molecule has 1 aliphatic rings. The maximum Gasteiger partial charge on any atom is 0.123 e. The zero-order valence-electron chi connectivity index (χ0n) is 13.6. The Morgan fingerprint density at radius 1 is 1.29 bits per heavy atom. The number of nitrogens with one attached hydrogen (secondary N) is 1. The lowest BCUT2D eigenvalue weighted by Gasteiger charge is -2.32. The minimum atomic E-state index is 0.698. The standard InChI is InChI=1S/C18H30N2O/c1-3-12-19-15-16-8-4-5-10-18(16)21-14-11-17-9-6-7-13-20(17)2/h4-5,8,10,17,19H,3,6-7,9,11-15H2,1-2H3. The summed E-state index contributed by atoms with van der Waals surface area (Å²) in [6.45, 7) is 6.20. The van der Waals surface area contributed by atoms with Gasteiger partial charge < -0.3 is 15.0 Å². The lowest BCUT2D eigenvalue weighted by molar-refractivity contribution is 0.152. The molecule has 3 nitrogen and oxygen atoms in total. The van der Waals surface area contributed by atoms with Gasteiger partial charge in [0, 0.05) is 18.2 Å². The minimum Gasteiger partial charge on any atom is -0.493 e. The molecule has 1 heterocycles. The van der Waals surface area contributed by atoms with E-state index in [4.69, 9.17) is 4.74 Å². The summed E-state index contributed by atoms with van der Waals surface area (Å²) in [7, 11) is 2.24. The molecule has 0 aliphatic carbocycles. The van der Waals surface area contributed by atoms with Crippen LogP contribution in [0, 0.1) is 0 Å². The Hall–Kier alpha value is -1.06. The predicted octanol–water partition coefficient (Wildman–Crippen LogP) is 3.44. The van der Waals surface area contributed by atoms with Crippen molar-refractivity contribution >= 4 is 0 Å². The molecule has 1 N–H and O–H groups in total. The van der Waals surface area contributed by atoms with Gasteiger partial charge in [0.1, 0.15) is 5.75 Å². The third kappa shape index (κ3) is 5.33. The zero-order valence-corrected chi connectivity index (χ0v) is 13.6. The monoisotopic (exact) mass is 290 g/mol. The first-order chi connectivity index (χ1) is 10.3. The number of nitrogens with zero attached hydrogens (tertiary/aromatic N) is 1. The number of hydrogen-bond donors (Lipinski definition) is 1. The molecule has 1 saturated heterocycles. The van der Waals surface area contributed by atoms with Crippen molar-refractivity contribution in [3.8, 4) is 5.75 Å². The maximum atomic E-state index is 6.05. The Balaban J connectivity index is 1.79. The third-order valence-corrected chi connectivity index (χ3v) is 4.34. The molecule has 1 unspecified atom stereocenters. The van der Waals surface area contributed by atoms with E-state index in [1.165, 1.54) is 31.4 Å². The quantitative estimate of drug-likeness (QED) is 0.742. The Kier molecular flexibility index (Phi) is 7.04. The second kappa shape index (κ2) is 9.06. The van der Waals surface area contributed by atoms with E-state index >= 15 is 0 Å². The van der Waals surface area contributed by atoms with Crippen molar-refractivity contribution in [3.05, 3.63) is 29.8 Å². The summed E-state index contributed by atoms with van der Waals surface area (Å²) < 4.78 is 6.05. The van der Waals surface area contributed by atoms with Crippen molar-refractivity contribution in [3.63, 3.8) is 0 Å². The van der Waals surface area contributed by atoms with Crippen molar-refractivity contribution in [1.82, 2.24) is 10.2 Å². The molecule has 0 amide bonds. The van der Waals surface area contributed by atoms with E-state index in [0.29, 0.717) is 6.04 Å². The van der Waals surface area contributed by atoms with Gasteiger partial charge in [-0.1, -0.05) is 31.5 Å². The molecule has 118 valence electrons. The number of rotatable bonds is 8. The van der Waals surface area contributed by atoms with E-state index in [2.05, 4.69) is 48.5 Å². The molecule has 2 rings (SSSR count). The topological polar surface area (TPSA) is 24.5 Å². The van der Waals surface area contributed by atoms with E-state index in [1.807, 2.05) is 0 Å². The molecular weight excluding hydrogens is 260 g/mol. The first-order valence-electron chi connectivity index (χ1n) is 8.43. The first-order valence-corrected chi connectivity index (χ1v) is 8.43. The molecular formula is C18H30N2O. The van der Waals surface area contributed by atoms with Gasteiger partial charge in [0.2, 0.25) is 0 Å². The van der Waals surface area contributed by atoms with Gasteiger partial charge in [0.05, 0.1) is 6.61 Å². The smallest absolute Gasteiger partial charge is 0.123 e. The van der Waals surface area contributed by atoms with Gasteiger partial charge in [0.15, 0.2) is 0 Å². The highest BCUT2D eigenvalue weighted by molar-refractivity contribution is 5.33. The van der Waals surface area contributed by atoms with Crippen LogP contribution in [0.5, 0.6) is 5.75 Å². The lowest BCUT2D eigenvalue weighted by Crippen LogP contribution is -2.37. The Morgan fingerprint density at radius 2 is 2.14 bits per heavy atom. The Bertz CT molecular complexity index is 408. The van der Waals surface area contributed by atoms with Gasteiger partial charge in [-0.05, 0) is 51.9 Å². The summed E-state index contributed by atoms with van der Waals surface area (Å²) in [5.74, 6) is 1.04. The number of benzene rings is 1. The van der Waals surface area contributed by atoms with Gasteiger partial charge in [-0.25, -0.2) is 0 Å². The Labute approximate surface area is 129 Å². The van der Waals surface area contributed by atoms with Crippen molar-refractivity contribution in [2.24, 2.45) is 0 Å². The molecule has 0 spiro atoms. The van der Waals surface area contributed by atoms with Crippen LogP contribution in [0.25, 0.3) is 0 Å². The molecule has 1 aliphatic heterocycles. The van der Waals surface area contributed by atoms with Crippen LogP contribution in [-0.4, -0.2) is 37.7 Å². The summed E-state index contributed by atoms with van der Waals surface area (Å²) in [4.78, 5) is 2.49. The molecule has 1 aromatic carbocycles. The van der Waals surface area contributed by atoms with Gasteiger partial charge in [-0.3, -0.25) is 0 Å². The fraction of sp³-hybridized carbons (Fsp3) is 0.667. The number of ether oxygens (including phenoxy) is 1. The van der Waals surface area contributed by atoms with Gasteiger partial charge >= 0.3 is 0 Å². The summed E-state index contributed by atoms with van der Waals surface area (Å²) in [6, 6.07) is 9.10. The molecule has 1 aromatic rings. The van der Waals surface area contributed by atoms with Gasteiger partial charge in [-0.15, -0.1) is 0 Å². The van der Waals surface area contributed by atoms with Crippen LogP contribution < -0.4 is 10.1 Å². The van der Waals surface area contributed by atoms with Crippen molar-refractivity contribution in [2.45, 2.75) is 51.6 Å². The van der Waals surface area contributed by atoms with Crippen molar-refractivity contribution in [2.75, 3.05) is 26.7 Å². The van der Waals surface area contributed by atoms with E-state index < -0.39 is 0 Å². The average Bonchev–Trinajstić information content (AvgIpc) is 2.51. The second-order valence-corrected chi connectivity index (χ2v) is 6.05. The highest BCUT2D eigenvalue weighted by Crippen LogP contribution is 2.21. The fourth-order valence-corrected chi connectivity index (χ4v) is 3.00. The summed E-state index contributed by atoms with van der Waals surface area (Å²) in [5, 5.41) is 3.45. The molecule has 21 heavy (non-hydrogen) atoms. The zero-order chi connectivity index (χ0) is 14.9. The predicted molar refractivity (Wildman–Crippen MR) is 88.8 cm³/mol. The number of likely N-dealkylation sites (tertiary alicyclic amines) is 1. The average molecular weight is 290 g/mol. The van der Waals surface area contributed by atoms with Crippen LogP contribution in [0.3, 0.4) is 0 Å². The van der Waals surface area contributed by atoms with E-state index in [-0.39, 0.29) is 0 Å². The minimum absolute atomic E-state index is 0.698. The number of para-hydroxylation sites is 1. The molecule has 1 atom stereocenters. The summed E-state index contributed by atoms with van der Waals surface area (Å²) >= 11 is 0. The highest BCUT2D eigenvalue weighted by atomic mass is 16.5. The number of piperidine rings is 1. The summed E-state index contributed by atoms with van der Waals surface area (Å²) in [5.41, 5.74) is 1.27. The van der Waals surface area contributed by atoms with Crippen LogP contribution in [0.1, 0.15) is 44.6 Å². The molecule has 0 radical (unpaired) electrons. The third-order valence-electron chi connectivity index (χ3n) is 4.34. The van der Waals surface area contributed by atoms with E-state index in [9.17, 15) is 0 Å². The molecule has 0 bridgehead atoms. The van der Waals surface area contributed by atoms with Crippen LogP contribution >= 0.6 is 0 Å². The van der Waals surface area contributed by atoms with Crippen molar-refractivity contribution < 1.29 is 4.74 Å². The van der Waals surface area contributed by atoms with Gasteiger partial charge in [-0.2, -0.15) is 0 Å². The lowest BCUT2D eigenvalue weighted by atomic mass is 10.0. The molecule has 0 aromatic heterocycles. The fourth-order valence-electron chi connectivity index (χ4n) is 3.00. The van der Waals surface area contributed by atoms with E-state index in [0.717, 1.165) is 38.3 Å². The SMILES string of the molecule is CCCNCc1ccccc1OCCC1CCCCN1C. The van der Waals surface area contributed by atoms with Crippen LogP contribution in [-0.2, 0) is 6.54 Å². The largest absolute Gasteiger partial charge is 0.493 e. The molecule has 0 saturated carbocycles. The van der Waals surface area contributed by atoms with Crippen molar-refractivity contribution in [1.29, 1.82) is 0 Å². The molecule has 1 fully saturated rings. The summed E-state index contributed by atoms with van der Waals surface area (Å²) in [6.07, 6.45) is 6.33. The van der Waals surface area contributed by atoms with E-state index in [1.54, 1.807) is 0 Å². The van der Waals surface area contributed by atoms with Crippen LogP contribution in [0.4, 0.5) is 0 Å². The maximum absolute atomic E-state index is 6.05. The van der Waals surface area contributed by atoms with Crippen LogP contribution in [0.2, 0.25) is 0 Å². The second-order valence-electron chi connectivity index (χ2n) is 6.05. The normalized spacial score (nSPS) is 19.6. The Morgan fingerprint density at radius 3 is 2.95 bits per heavy atom. The van der Waals surface area contributed by atoms with Gasteiger partial charge in [0.25, 0.3) is 0 Å². The highest BCUT2D eigenvalue weighted by Gasteiger charge is 2.18.